The summed E-state index contributed by atoms with van der Waals surface area (Å²) < 4.78 is 22.6. The Morgan fingerprint density at radius 3 is 1.48 bits per heavy atom. The molecule has 0 aliphatic heterocycles. The summed E-state index contributed by atoms with van der Waals surface area (Å²) in [6.07, 6.45) is 9.35. The second-order valence-corrected chi connectivity index (χ2v) is 6.78. The average Bonchev–Trinajstić information content (AvgIpc) is 2.47. The smallest absolute Gasteiger partial charge is 0.310 e. The van der Waals surface area contributed by atoms with Crippen molar-refractivity contribution in [2.45, 2.75) is 79.1 Å². The van der Waals surface area contributed by atoms with Crippen molar-refractivity contribution >= 4 is 8.25 Å². The Labute approximate surface area is 143 Å². The van der Waals surface area contributed by atoms with Crippen LogP contribution in [0, 0.1) is 11.8 Å². The van der Waals surface area contributed by atoms with Crippen LogP contribution in [0.15, 0.2) is 0 Å². The van der Waals surface area contributed by atoms with Crippen LogP contribution in [0.4, 0.5) is 0 Å². The van der Waals surface area contributed by atoms with Crippen LogP contribution in [-0.4, -0.2) is 13.2 Å². The summed E-state index contributed by atoms with van der Waals surface area (Å²) in [5, 5.41) is 0. The van der Waals surface area contributed by atoms with E-state index in [0.29, 0.717) is 25.0 Å². The standard InChI is InChI=1S/C16H35O3P.Co/c1-5-9-11-15(7-3)13-18-20(17)19-14-16(8-4)12-10-6-2;/h15-16,20H,5-14H2,1-4H3;/q;+2. The summed E-state index contributed by atoms with van der Waals surface area (Å²) in [6, 6.07) is 0. The fourth-order valence-electron chi connectivity index (χ4n) is 2.21. The van der Waals surface area contributed by atoms with Crippen LogP contribution in [-0.2, 0) is 30.4 Å². The van der Waals surface area contributed by atoms with Crippen molar-refractivity contribution in [1.82, 2.24) is 0 Å². The van der Waals surface area contributed by atoms with E-state index in [4.69, 9.17) is 9.05 Å². The molecule has 2 unspecified atom stereocenters. The Hall–Kier alpha value is 0.656. The first-order chi connectivity index (χ1) is 9.67. The van der Waals surface area contributed by atoms with Crippen molar-refractivity contribution < 1.29 is 30.4 Å². The average molecular weight is 365 g/mol. The maximum absolute atomic E-state index is 11.8. The summed E-state index contributed by atoms with van der Waals surface area (Å²) in [7, 11) is -2.30. The fraction of sp³-hybridized carbons (Fsp3) is 1.00. The largest absolute Gasteiger partial charge is 2.00 e. The van der Waals surface area contributed by atoms with Crippen LogP contribution in [0.2, 0.25) is 0 Å². The molecule has 0 heterocycles. The monoisotopic (exact) mass is 365 g/mol. The van der Waals surface area contributed by atoms with Crippen molar-refractivity contribution in [2.24, 2.45) is 11.8 Å². The fourth-order valence-corrected chi connectivity index (χ4v) is 3.04. The zero-order valence-electron chi connectivity index (χ0n) is 14.3. The first-order valence-electron chi connectivity index (χ1n) is 8.47. The second-order valence-electron chi connectivity index (χ2n) is 5.71. The minimum absolute atomic E-state index is 0. The molecule has 3 nitrogen and oxygen atoms in total. The van der Waals surface area contributed by atoms with Crippen LogP contribution in [0.5, 0.6) is 0 Å². The van der Waals surface area contributed by atoms with Gasteiger partial charge in [0, 0.05) is 0 Å². The van der Waals surface area contributed by atoms with Crippen LogP contribution in [0.25, 0.3) is 0 Å². The predicted molar refractivity (Wildman–Crippen MR) is 87.5 cm³/mol. The zero-order valence-corrected chi connectivity index (χ0v) is 16.3. The second kappa shape index (κ2) is 17.0. The van der Waals surface area contributed by atoms with Crippen molar-refractivity contribution in [3.8, 4) is 0 Å². The minimum atomic E-state index is -2.30. The number of hydrogen-bond donors (Lipinski definition) is 0. The Bertz CT molecular complexity index is 218. The molecule has 1 radical (unpaired) electrons. The van der Waals surface area contributed by atoms with Crippen molar-refractivity contribution in [1.29, 1.82) is 0 Å². The summed E-state index contributed by atoms with van der Waals surface area (Å²) >= 11 is 0. The Morgan fingerprint density at radius 2 is 1.19 bits per heavy atom. The van der Waals surface area contributed by atoms with Gasteiger partial charge in [-0.2, -0.15) is 0 Å². The summed E-state index contributed by atoms with van der Waals surface area (Å²) in [5.41, 5.74) is 0. The molecule has 0 aromatic heterocycles. The van der Waals surface area contributed by atoms with Gasteiger partial charge in [0.1, 0.15) is 0 Å². The Balaban J connectivity index is 0. The van der Waals surface area contributed by atoms with Crippen molar-refractivity contribution in [3.63, 3.8) is 0 Å². The molecule has 0 amide bonds. The Kier molecular flexibility index (Phi) is 19.4. The van der Waals surface area contributed by atoms with Crippen LogP contribution in [0.1, 0.15) is 79.1 Å². The third kappa shape index (κ3) is 14.0. The number of unbranched alkanes of at least 4 members (excludes halogenated alkanes) is 2. The maximum atomic E-state index is 11.8. The molecule has 129 valence electrons. The molecule has 0 bridgehead atoms. The van der Waals surface area contributed by atoms with Crippen LogP contribution < -0.4 is 0 Å². The van der Waals surface area contributed by atoms with E-state index >= 15 is 0 Å². The van der Waals surface area contributed by atoms with Gasteiger partial charge in [0.05, 0.1) is 13.2 Å². The van der Waals surface area contributed by atoms with Crippen molar-refractivity contribution in [3.05, 3.63) is 0 Å². The predicted octanol–water partition coefficient (Wildman–Crippen LogP) is 5.84. The molecule has 0 aromatic carbocycles. The van der Waals surface area contributed by atoms with Gasteiger partial charge in [-0.3, -0.25) is 4.57 Å². The molecule has 0 saturated heterocycles. The molecule has 2 atom stereocenters. The van der Waals surface area contributed by atoms with E-state index in [1.807, 2.05) is 0 Å². The van der Waals surface area contributed by atoms with Gasteiger partial charge < -0.3 is 9.05 Å². The van der Waals surface area contributed by atoms with Crippen molar-refractivity contribution in [2.75, 3.05) is 13.2 Å². The zero-order chi connectivity index (χ0) is 15.2. The number of hydrogen-bond acceptors (Lipinski definition) is 3. The quantitative estimate of drug-likeness (QED) is 0.363. The van der Waals surface area contributed by atoms with Gasteiger partial charge in [-0.05, 0) is 24.7 Å². The van der Waals surface area contributed by atoms with Gasteiger partial charge in [0.15, 0.2) is 0 Å². The SMILES string of the molecule is CCCCC(CC)CO[PH](=O)OCC(CC)CCCC.[Co+2]. The molecule has 0 aromatic rings. The molecule has 0 aliphatic carbocycles. The van der Waals surface area contributed by atoms with E-state index in [1.54, 1.807) is 0 Å². The molecule has 0 rings (SSSR count). The minimum Gasteiger partial charge on any atom is -0.310 e. The van der Waals surface area contributed by atoms with E-state index in [9.17, 15) is 4.57 Å². The third-order valence-corrected chi connectivity index (χ3v) is 4.77. The number of rotatable bonds is 14. The van der Waals surface area contributed by atoms with E-state index in [2.05, 4.69) is 27.7 Å². The van der Waals surface area contributed by atoms with E-state index < -0.39 is 8.25 Å². The normalized spacial score (nSPS) is 15.2. The molecule has 0 saturated carbocycles. The summed E-state index contributed by atoms with van der Waals surface area (Å²) in [5.74, 6) is 1.05. The molecular weight excluding hydrogens is 330 g/mol. The topological polar surface area (TPSA) is 35.5 Å². The third-order valence-electron chi connectivity index (χ3n) is 3.96. The molecule has 0 spiro atoms. The van der Waals surface area contributed by atoms with Gasteiger partial charge in [0.25, 0.3) is 0 Å². The van der Waals surface area contributed by atoms with Gasteiger partial charge >= 0.3 is 25.0 Å². The van der Waals surface area contributed by atoms with Gasteiger partial charge in [-0.15, -0.1) is 0 Å². The van der Waals surface area contributed by atoms with E-state index in [-0.39, 0.29) is 16.8 Å². The summed E-state index contributed by atoms with van der Waals surface area (Å²) in [4.78, 5) is 0. The molecule has 0 aliphatic rings. The molecule has 0 N–H and O–H groups in total. The van der Waals surface area contributed by atoms with Gasteiger partial charge in [-0.1, -0.05) is 66.2 Å². The summed E-state index contributed by atoms with van der Waals surface area (Å²) in [6.45, 7) is 9.89. The molecule has 5 heteroatoms. The molecule has 0 fully saturated rings. The van der Waals surface area contributed by atoms with Gasteiger partial charge in [0.2, 0.25) is 0 Å². The molecule has 21 heavy (non-hydrogen) atoms. The van der Waals surface area contributed by atoms with E-state index in [0.717, 1.165) is 25.7 Å². The van der Waals surface area contributed by atoms with E-state index in [1.165, 1.54) is 25.7 Å². The first-order valence-corrected chi connectivity index (χ1v) is 9.69. The first kappa shape index (κ1) is 23.9. The van der Waals surface area contributed by atoms with Crippen LogP contribution >= 0.6 is 8.25 Å². The maximum Gasteiger partial charge on any atom is 2.00 e. The van der Waals surface area contributed by atoms with Crippen LogP contribution in [0.3, 0.4) is 0 Å². The Morgan fingerprint density at radius 1 is 0.810 bits per heavy atom. The van der Waals surface area contributed by atoms with Gasteiger partial charge in [-0.25, -0.2) is 0 Å². The molecular formula is C16H35CoO3P+2.